The molecule has 1 aromatic carbocycles. The first kappa shape index (κ1) is 14.3. The van der Waals surface area contributed by atoms with E-state index in [0.29, 0.717) is 6.04 Å². The lowest BCUT2D eigenvalue weighted by Gasteiger charge is -2.14. The van der Waals surface area contributed by atoms with Gasteiger partial charge in [0.25, 0.3) is 0 Å². The minimum atomic E-state index is -2.98. The normalized spacial score (nSPS) is 15.5. The second-order valence-corrected chi connectivity index (χ2v) is 7.46. The Hall–Kier alpha value is -1.07. The molecule has 0 bridgehead atoms. The molecule has 0 heterocycles. The molecule has 19 heavy (non-hydrogen) atoms. The van der Waals surface area contributed by atoms with Gasteiger partial charge in [0.15, 0.2) is 9.84 Å². The maximum atomic E-state index is 11.1. The molecular formula is C14H21NO3S. The molecule has 1 saturated carbocycles. The number of rotatable bonds is 7. The van der Waals surface area contributed by atoms with Gasteiger partial charge in [0.05, 0.1) is 5.75 Å². The van der Waals surface area contributed by atoms with Gasteiger partial charge in [-0.15, -0.1) is 0 Å². The van der Waals surface area contributed by atoms with Crippen LogP contribution in [0.15, 0.2) is 18.2 Å². The van der Waals surface area contributed by atoms with Gasteiger partial charge in [-0.25, -0.2) is 8.42 Å². The molecule has 1 N–H and O–H groups in total. The molecule has 0 amide bonds. The molecule has 1 aliphatic carbocycles. The van der Waals surface area contributed by atoms with Crippen LogP contribution in [0.5, 0.6) is 5.75 Å². The first-order valence-corrected chi connectivity index (χ1v) is 8.64. The second kappa shape index (κ2) is 5.92. The molecule has 0 unspecified atom stereocenters. The number of hydrogen-bond donors (Lipinski definition) is 1. The molecule has 4 nitrogen and oxygen atoms in total. The largest absolute Gasteiger partial charge is 0.492 e. The molecule has 106 valence electrons. The highest BCUT2D eigenvalue weighted by Gasteiger charge is 2.20. The van der Waals surface area contributed by atoms with Crippen LogP contribution in [-0.4, -0.2) is 33.1 Å². The van der Waals surface area contributed by atoms with Gasteiger partial charge in [0, 0.05) is 24.4 Å². The zero-order valence-electron chi connectivity index (χ0n) is 11.5. The molecule has 0 aromatic heterocycles. The Labute approximate surface area is 115 Å². The smallest absolute Gasteiger partial charge is 0.150 e. The fraction of sp³-hybridized carbons (Fsp3) is 0.571. The van der Waals surface area contributed by atoms with E-state index in [4.69, 9.17) is 4.74 Å². The van der Waals surface area contributed by atoms with Crippen molar-refractivity contribution in [2.24, 2.45) is 0 Å². The van der Waals surface area contributed by atoms with Gasteiger partial charge in [-0.3, -0.25) is 0 Å². The quantitative estimate of drug-likeness (QED) is 0.827. The zero-order valence-corrected chi connectivity index (χ0v) is 12.3. The minimum absolute atomic E-state index is 0.0524. The number of ether oxygens (including phenoxy) is 1. The topological polar surface area (TPSA) is 55.4 Å². The van der Waals surface area contributed by atoms with Crippen LogP contribution in [0.4, 0.5) is 0 Å². The van der Waals surface area contributed by atoms with E-state index < -0.39 is 9.84 Å². The molecule has 1 fully saturated rings. The third-order valence-corrected chi connectivity index (χ3v) is 4.06. The lowest BCUT2D eigenvalue weighted by atomic mass is 10.1. The van der Waals surface area contributed by atoms with Crippen LogP contribution < -0.4 is 10.1 Å². The van der Waals surface area contributed by atoms with Crippen molar-refractivity contribution in [3.63, 3.8) is 0 Å². The highest BCUT2D eigenvalue weighted by atomic mass is 32.2. The number of nitrogens with one attached hydrogen (secondary N) is 1. The Balaban J connectivity index is 1.99. The maximum absolute atomic E-state index is 11.1. The molecule has 1 aromatic rings. The summed E-state index contributed by atoms with van der Waals surface area (Å²) >= 11 is 0. The highest BCUT2D eigenvalue weighted by Crippen LogP contribution is 2.25. The first-order chi connectivity index (χ1) is 8.96. The third-order valence-electron chi connectivity index (χ3n) is 3.15. The van der Waals surface area contributed by atoms with Gasteiger partial charge in [-0.2, -0.15) is 0 Å². The fourth-order valence-electron chi connectivity index (χ4n) is 1.90. The van der Waals surface area contributed by atoms with Gasteiger partial charge >= 0.3 is 0 Å². The van der Waals surface area contributed by atoms with E-state index in [9.17, 15) is 8.42 Å². The second-order valence-electron chi connectivity index (χ2n) is 5.20. The van der Waals surface area contributed by atoms with Gasteiger partial charge in [-0.1, -0.05) is 18.2 Å². The molecule has 1 aliphatic rings. The highest BCUT2D eigenvalue weighted by molar-refractivity contribution is 7.90. The van der Waals surface area contributed by atoms with E-state index in [0.717, 1.165) is 23.4 Å². The van der Waals surface area contributed by atoms with Crippen LogP contribution in [0.2, 0.25) is 0 Å². The van der Waals surface area contributed by atoms with Crippen molar-refractivity contribution < 1.29 is 13.2 Å². The van der Waals surface area contributed by atoms with Crippen molar-refractivity contribution in [3.8, 4) is 5.75 Å². The van der Waals surface area contributed by atoms with Crippen molar-refractivity contribution in [1.82, 2.24) is 5.32 Å². The van der Waals surface area contributed by atoms with Crippen molar-refractivity contribution in [3.05, 3.63) is 29.3 Å². The summed E-state index contributed by atoms with van der Waals surface area (Å²) in [7, 11) is -2.98. The lowest BCUT2D eigenvalue weighted by Crippen LogP contribution is -2.18. The van der Waals surface area contributed by atoms with Gasteiger partial charge < -0.3 is 10.1 Å². The van der Waals surface area contributed by atoms with Crippen molar-refractivity contribution in [2.45, 2.75) is 32.4 Å². The molecule has 0 radical (unpaired) electrons. The summed E-state index contributed by atoms with van der Waals surface area (Å²) in [5.41, 5.74) is 2.14. The number of para-hydroxylation sites is 1. The van der Waals surface area contributed by atoms with E-state index in [-0.39, 0.29) is 12.4 Å². The van der Waals surface area contributed by atoms with Crippen molar-refractivity contribution in [1.29, 1.82) is 0 Å². The summed E-state index contributed by atoms with van der Waals surface area (Å²) in [6, 6.07) is 6.65. The average Bonchev–Trinajstić information content (AvgIpc) is 3.11. The van der Waals surface area contributed by atoms with E-state index in [1.54, 1.807) is 0 Å². The van der Waals surface area contributed by atoms with Crippen LogP contribution in [0, 0.1) is 6.92 Å². The summed E-state index contributed by atoms with van der Waals surface area (Å²) in [6.45, 7) is 2.97. The molecule has 2 rings (SSSR count). The predicted octanol–water partition coefficient (Wildman–Crippen LogP) is 1.67. The number of sulfone groups is 1. The monoisotopic (exact) mass is 283 g/mol. The average molecular weight is 283 g/mol. The minimum Gasteiger partial charge on any atom is -0.492 e. The summed E-state index contributed by atoms with van der Waals surface area (Å²) in [5, 5.41) is 3.45. The maximum Gasteiger partial charge on any atom is 0.150 e. The van der Waals surface area contributed by atoms with E-state index in [1.165, 1.54) is 19.1 Å². The molecule has 0 spiro atoms. The Bertz CT molecular complexity index is 536. The molecule has 0 saturated heterocycles. The summed E-state index contributed by atoms with van der Waals surface area (Å²) in [5.74, 6) is 0.871. The molecule has 5 heteroatoms. The summed E-state index contributed by atoms with van der Waals surface area (Å²) in [6.07, 6.45) is 3.72. The van der Waals surface area contributed by atoms with Crippen LogP contribution in [0.1, 0.15) is 24.0 Å². The Kier molecular flexibility index (Phi) is 4.47. The van der Waals surface area contributed by atoms with Crippen LogP contribution in [0.3, 0.4) is 0 Å². The lowest BCUT2D eigenvalue weighted by molar-refractivity contribution is 0.334. The SMILES string of the molecule is Cc1cccc(CNC2CC2)c1OCCS(C)(=O)=O. The van der Waals surface area contributed by atoms with Crippen LogP contribution in [-0.2, 0) is 16.4 Å². The Morgan fingerprint density at radius 3 is 2.74 bits per heavy atom. The number of benzene rings is 1. The van der Waals surface area contributed by atoms with Gasteiger partial charge in [0.2, 0.25) is 0 Å². The van der Waals surface area contributed by atoms with Crippen molar-refractivity contribution in [2.75, 3.05) is 18.6 Å². The number of aryl methyl sites for hydroxylation is 1. The Morgan fingerprint density at radius 1 is 1.37 bits per heavy atom. The molecule has 0 aliphatic heterocycles. The van der Waals surface area contributed by atoms with E-state index >= 15 is 0 Å². The van der Waals surface area contributed by atoms with E-state index in [2.05, 4.69) is 5.32 Å². The first-order valence-electron chi connectivity index (χ1n) is 6.58. The number of hydrogen-bond acceptors (Lipinski definition) is 4. The van der Waals surface area contributed by atoms with E-state index in [1.807, 2.05) is 25.1 Å². The predicted molar refractivity (Wildman–Crippen MR) is 76.2 cm³/mol. The van der Waals surface area contributed by atoms with Crippen LogP contribution >= 0.6 is 0 Å². The van der Waals surface area contributed by atoms with Gasteiger partial charge in [-0.05, 0) is 25.3 Å². The van der Waals surface area contributed by atoms with Crippen molar-refractivity contribution >= 4 is 9.84 Å². The third kappa shape index (κ3) is 4.84. The van der Waals surface area contributed by atoms with Crippen LogP contribution in [0.25, 0.3) is 0 Å². The van der Waals surface area contributed by atoms with Gasteiger partial charge in [0.1, 0.15) is 12.4 Å². The molecular weight excluding hydrogens is 262 g/mol. The Morgan fingerprint density at radius 2 is 2.11 bits per heavy atom. The summed E-state index contributed by atoms with van der Waals surface area (Å²) in [4.78, 5) is 0. The fourth-order valence-corrected chi connectivity index (χ4v) is 2.28. The zero-order chi connectivity index (χ0) is 13.9. The molecule has 0 atom stereocenters. The summed E-state index contributed by atoms with van der Waals surface area (Å²) < 4.78 is 27.9. The standard InChI is InChI=1S/C14H21NO3S/c1-11-4-3-5-12(10-15-13-6-7-13)14(11)18-8-9-19(2,16)17/h3-5,13,15H,6-10H2,1-2H3.